The third-order valence-corrected chi connectivity index (χ3v) is 8.33. The summed E-state index contributed by atoms with van der Waals surface area (Å²) in [6.07, 6.45) is 3.55. The van der Waals surface area contributed by atoms with Crippen LogP contribution < -0.4 is 10.2 Å². The Labute approximate surface area is 189 Å². The minimum Gasteiger partial charge on any atom is -0.376 e. The van der Waals surface area contributed by atoms with E-state index in [2.05, 4.69) is 5.32 Å². The predicted molar refractivity (Wildman–Crippen MR) is 124 cm³/mol. The molecule has 8 heteroatoms. The number of carbonyl (C=O) groups is 1. The summed E-state index contributed by atoms with van der Waals surface area (Å²) in [5.74, 6) is -0.186. The maximum absolute atomic E-state index is 13.1. The first-order chi connectivity index (χ1) is 14.8. The summed E-state index contributed by atoms with van der Waals surface area (Å²) >= 11 is 6.29. The topological polar surface area (TPSA) is 69.7 Å². The van der Waals surface area contributed by atoms with Gasteiger partial charge >= 0.3 is 0 Å². The van der Waals surface area contributed by atoms with E-state index in [-0.39, 0.29) is 22.6 Å². The Kier molecular flexibility index (Phi) is 6.28. The van der Waals surface area contributed by atoms with Crippen molar-refractivity contribution in [3.63, 3.8) is 0 Å². The Bertz CT molecular complexity index is 1080. The van der Waals surface area contributed by atoms with Crippen molar-refractivity contribution in [1.82, 2.24) is 4.31 Å². The van der Waals surface area contributed by atoms with Gasteiger partial charge in [-0.2, -0.15) is 4.31 Å². The molecule has 1 aliphatic carbocycles. The van der Waals surface area contributed by atoms with Gasteiger partial charge < -0.3 is 10.2 Å². The number of nitrogens with one attached hydrogen (secondary N) is 1. The van der Waals surface area contributed by atoms with Crippen molar-refractivity contribution in [2.45, 2.75) is 36.5 Å². The standard InChI is InChI=1S/C23H28ClN3O3S/c1-26(2)22-11-10-16(31(29,30)27-12-6-3-7-13-27)14-21(22)25-23(28)19-15-18(19)17-8-4-5-9-20(17)24/h4-5,8-11,14,18-19H,3,6-7,12-13,15H2,1-2H3,(H,25,28). The lowest BCUT2D eigenvalue weighted by atomic mass is 10.1. The summed E-state index contributed by atoms with van der Waals surface area (Å²) in [5.41, 5.74) is 2.26. The van der Waals surface area contributed by atoms with E-state index in [0.717, 1.165) is 36.9 Å². The smallest absolute Gasteiger partial charge is 0.243 e. The van der Waals surface area contributed by atoms with Crippen molar-refractivity contribution in [3.8, 4) is 0 Å². The number of carbonyl (C=O) groups excluding carboxylic acids is 1. The third kappa shape index (κ3) is 4.59. The zero-order valence-corrected chi connectivity index (χ0v) is 19.4. The van der Waals surface area contributed by atoms with Crippen molar-refractivity contribution in [1.29, 1.82) is 0 Å². The molecule has 1 aliphatic heterocycles. The van der Waals surface area contributed by atoms with Crippen LogP contribution in [0.25, 0.3) is 0 Å². The lowest BCUT2D eigenvalue weighted by Gasteiger charge is -2.26. The van der Waals surface area contributed by atoms with Crippen molar-refractivity contribution in [2.24, 2.45) is 5.92 Å². The third-order valence-electron chi connectivity index (χ3n) is 6.09. The molecule has 2 aliphatic rings. The molecule has 166 valence electrons. The molecule has 2 atom stereocenters. The first-order valence-corrected chi connectivity index (χ1v) is 12.5. The maximum Gasteiger partial charge on any atom is 0.243 e. The van der Waals surface area contributed by atoms with Crippen LogP contribution in [-0.2, 0) is 14.8 Å². The highest BCUT2D eigenvalue weighted by Crippen LogP contribution is 2.50. The highest BCUT2D eigenvalue weighted by atomic mass is 35.5. The van der Waals surface area contributed by atoms with Crippen LogP contribution in [-0.4, -0.2) is 45.8 Å². The molecular formula is C23H28ClN3O3S. The van der Waals surface area contributed by atoms with Crippen LogP contribution in [0.1, 0.15) is 37.2 Å². The second kappa shape index (κ2) is 8.81. The van der Waals surface area contributed by atoms with Gasteiger partial charge in [0, 0.05) is 38.1 Å². The minimum atomic E-state index is -3.58. The normalized spacial score (nSPS) is 21.5. The molecule has 1 amide bonds. The van der Waals surface area contributed by atoms with Gasteiger partial charge in [-0.25, -0.2) is 8.42 Å². The second-order valence-electron chi connectivity index (χ2n) is 8.50. The van der Waals surface area contributed by atoms with E-state index in [9.17, 15) is 13.2 Å². The van der Waals surface area contributed by atoms with Gasteiger partial charge in [0.15, 0.2) is 0 Å². The van der Waals surface area contributed by atoms with E-state index in [0.29, 0.717) is 23.8 Å². The summed E-state index contributed by atoms with van der Waals surface area (Å²) in [5, 5.41) is 3.65. The van der Waals surface area contributed by atoms with Gasteiger partial charge in [0.2, 0.25) is 15.9 Å². The molecule has 0 radical (unpaired) electrons. The summed E-state index contributed by atoms with van der Waals surface area (Å²) < 4.78 is 27.8. The molecule has 0 aromatic heterocycles. The van der Waals surface area contributed by atoms with E-state index in [4.69, 9.17) is 11.6 Å². The fraction of sp³-hybridized carbons (Fsp3) is 0.435. The summed E-state index contributed by atoms with van der Waals surface area (Å²) in [4.78, 5) is 15.1. The molecule has 0 bridgehead atoms. The van der Waals surface area contributed by atoms with Crippen LogP contribution in [0, 0.1) is 5.92 Å². The Balaban J connectivity index is 1.56. The number of amides is 1. The number of hydrogen-bond donors (Lipinski definition) is 1. The molecule has 2 aromatic rings. The van der Waals surface area contributed by atoms with Gasteiger partial charge in [-0.1, -0.05) is 36.2 Å². The first kappa shape index (κ1) is 22.1. The van der Waals surface area contributed by atoms with Gasteiger partial charge in [0.25, 0.3) is 0 Å². The van der Waals surface area contributed by atoms with Crippen LogP contribution in [0.5, 0.6) is 0 Å². The van der Waals surface area contributed by atoms with E-state index in [1.165, 1.54) is 0 Å². The summed E-state index contributed by atoms with van der Waals surface area (Å²) in [6, 6.07) is 12.6. The minimum absolute atomic E-state index is 0.0942. The number of hydrogen-bond acceptors (Lipinski definition) is 4. The van der Waals surface area contributed by atoms with Gasteiger partial charge in [0.05, 0.1) is 16.3 Å². The van der Waals surface area contributed by atoms with Crippen molar-refractivity contribution in [3.05, 3.63) is 53.1 Å². The molecule has 1 N–H and O–H groups in total. The number of piperidine rings is 1. The monoisotopic (exact) mass is 461 g/mol. The Morgan fingerprint density at radius 3 is 2.48 bits per heavy atom. The molecular weight excluding hydrogens is 434 g/mol. The number of sulfonamides is 1. The molecule has 2 fully saturated rings. The number of halogens is 1. The second-order valence-corrected chi connectivity index (χ2v) is 10.8. The highest BCUT2D eigenvalue weighted by molar-refractivity contribution is 7.89. The van der Waals surface area contributed by atoms with Crippen molar-refractivity contribution in [2.75, 3.05) is 37.4 Å². The molecule has 6 nitrogen and oxygen atoms in total. The highest BCUT2D eigenvalue weighted by Gasteiger charge is 2.45. The maximum atomic E-state index is 13.1. The lowest BCUT2D eigenvalue weighted by Crippen LogP contribution is -2.35. The molecule has 1 saturated carbocycles. The van der Waals surface area contributed by atoms with Crippen LogP contribution >= 0.6 is 11.6 Å². The SMILES string of the molecule is CN(C)c1ccc(S(=O)(=O)N2CCCCC2)cc1NC(=O)C1CC1c1ccccc1Cl. The number of rotatable bonds is 6. The van der Waals surface area contributed by atoms with Crippen LogP contribution in [0.4, 0.5) is 11.4 Å². The number of anilines is 2. The molecule has 0 spiro atoms. The average molecular weight is 462 g/mol. The largest absolute Gasteiger partial charge is 0.376 e. The van der Waals surface area contributed by atoms with Gasteiger partial charge in [-0.15, -0.1) is 0 Å². The van der Waals surface area contributed by atoms with E-state index < -0.39 is 10.0 Å². The van der Waals surface area contributed by atoms with E-state index in [1.807, 2.05) is 43.3 Å². The number of nitrogens with zero attached hydrogens (tertiary/aromatic N) is 2. The molecule has 2 aromatic carbocycles. The zero-order valence-electron chi connectivity index (χ0n) is 17.8. The predicted octanol–water partition coefficient (Wildman–Crippen LogP) is 4.32. The molecule has 1 heterocycles. The van der Waals surface area contributed by atoms with Gasteiger partial charge in [-0.3, -0.25) is 4.79 Å². The fourth-order valence-corrected chi connectivity index (χ4v) is 6.07. The lowest BCUT2D eigenvalue weighted by molar-refractivity contribution is -0.117. The van der Waals surface area contributed by atoms with Gasteiger partial charge in [-0.05, 0) is 55.0 Å². The first-order valence-electron chi connectivity index (χ1n) is 10.7. The van der Waals surface area contributed by atoms with Crippen molar-refractivity contribution >= 4 is 38.9 Å². The Morgan fingerprint density at radius 2 is 1.81 bits per heavy atom. The summed E-state index contributed by atoms with van der Waals surface area (Å²) in [7, 11) is 0.156. The Morgan fingerprint density at radius 1 is 1.10 bits per heavy atom. The van der Waals surface area contributed by atoms with Crippen molar-refractivity contribution < 1.29 is 13.2 Å². The number of benzene rings is 2. The van der Waals surface area contributed by atoms with Crippen LogP contribution in [0.3, 0.4) is 0 Å². The van der Waals surface area contributed by atoms with E-state index >= 15 is 0 Å². The molecule has 31 heavy (non-hydrogen) atoms. The molecule has 2 unspecified atom stereocenters. The van der Waals surface area contributed by atoms with Crippen LogP contribution in [0.15, 0.2) is 47.4 Å². The van der Waals surface area contributed by atoms with Gasteiger partial charge in [0.1, 0.15) is 0 Å². The average Bonchev–Trinajstić information content (AvgIpc) is 3.55. The summed E-state index contributed by atoms with van der Waals surface area (Å²) in [6.45, 7) is 1.09. The fourth-order valence-electron chi connectivity index (χ4n) is 4.25. The Hall–Kier alpha value is -2.09. The molecule has 4 rings (SSSR count). The van der Waals surface area contributed by atoms with Crippen LogP contribution in [0.2, 0.25) is 5.02 Å². The quantitative estimate of drug-likeness (QED) is 0.695. The molecule has 1 saturated heterocycles. The zero-order chi connectivity index (χ0) is 22.2. The van der Waals surface area contributed by atoms with E-state index in [1.54, 1.807) is 22.5 Å².